The number of esters is 1. The zero-order valence-corrected chi connectivity index (χ0v) is 47.9. The minimum atomic E-state index is -1.63. The molecule has 0 aromatic heterocycles. The number of ether oxygens (including phenoxy) is 3. The molecule has 11 nitrogen and oxygen atoms in total. The van der Waals surface area contributed by atoms with E-state index in [1.807, 2.05) is 60.8 Å². The summed E-state index contributed by atoms with van der Waals surface area (Å²) >= 11 is 0. The van der Waals surface area contributed by atoms with Crippen molar-refractivity contribution < 1.29 is 49.3 Å². The van der Waals surface area contributed by atoms with Crippen LogP contribution in [-0.4, -0.2) is 99.6 Å². The second kappa shape index (κ2) is 51.8. The molecule has 1 saturated heterocycles. The monoisotopic (exact) mass is 1060 g/mol. The van der Waals surface area contributed by atoms with Crippen LogP contribution in [0.15, 0.2) is 72.9 Å². The molecule has 0 bridgehead atoms. The Balaban J connectivity index is 2.62. The van der Waals surface area contributed by atoms with E-state index in [-0.39, 0.29) is 19.4 Å². The fourth-order valence-electron chi connectivity index (χ4n) is 9.39. The standard InChI is InChI=1S/C64H113NO10/c1-4-7-10-13-16-19-22-24-25-26-27-28-29-30-31-32-33-34-37-40-43-46-49-52-59(69)75-62-61(71)60(70)58(53-66)74-64(62)73-54-55(56(67)50-47-44-41-38-35-21-18-15-12-9-6-3)65-63(72)57(68)51-48-45-42-39-36-23-20-17-14-11-8-5-2/h8,11,14,17,20,23,36,39,42,45,47,50,55-58,60-62,64,66-68,70-71H,4-7,9-10,12-13,15-16,18-19,21-22,24-35,37-38,40-41,43-44,46,48-49,51-54H2,1-3H3,(H,65,72)/b11-8+,17-14+,23-20-,39-36-,45-42+,50-47+. The van der Waals surface area contributed by atoms with E-state index in [4.69, 9.17) is 14.2 Å². The Morgan fingerprint density at radius 1 is 0.533 bits per heavy atom. The Morgan fingerprint density at radius 3 is 1.41 bits per heavy atom. The van der Waals surface area contributed by atoms with E-state index < -0.39 is 67.4 Å². The summed E-state index contributed by atoms with van der Waals surface area (Å²) in [4.78, 5) is 26.4. The van der Waals surface area contributed by atoms with E-state index in [1.165, 1.54) is 161 Å². The maximum atomic E-state index is 13.3. The van der Waals surface area contributed by atoms with Crippen LogP contribution in [-0.2, 0) is 23.8 Å². The summed E-state index contributed by atoms with van der Waals surface area (Å²) in [6, 6.07) is -1.06. The number of aliphatic hydroxyl groups excluding tert-OH is 5. The molecule has 1 rings (SSSR count). The summed E-state index contributed by atoms with van der Waals surface area (Å²) in [6.45, 7) is 5.59. The Kier molecular flexibility index (Phi) is 48.5. The molecular weight excluding hydrogens is 943 g/mol. The number of allylic oxidation sites excluding steroid dienone is 11. The highest BCUT2D eigenvalue weighted by molar-refractivity contribution is 5.80. The minimum Gasteiger partial charge on any atom is -0.454 e. The highest BCUT2D eigenvalue weighted by Gasteiger charge is 2.47. The van der Waals surface area contributed by atoms with Gasteiger partial charge in [0.15, 0.2) is 12.4 Å². The fourth-order valence-corrected chi connectivity index (χ4v) is 9.39. The van der Waals surface area contributed by atoms with Gasteiger partial charge in [0.25, 0.3) is 0 Å². The number of carbonyl (C=O) groups is 2. The molecule has 8 unspecified atom stereocenters. The SMILES string of the molecule is CC/C=C/C=C/C=C\C=C/C=C/CCC(O)C(=O)NC(COC1OC(CO)C(O)C(O)C1OC(=O)CCCCCCCCCCCCCCCCCCCCCCCCC)C(O)/C=C/CCCCCCCCCCC. The van der Waals surface area contributed by atoms with Gasteiger partial charge in [0, 0.05) is 6.42 Å². The van der Waals surface area contributed by atoms with E-state index in [0.29, 0.717) is 12.8 Å². The van der Waals surface area contributed by atoms with Gasteiger partial charge in [0.1, 0.15) is 24.4 Å². The van der Waals surface area contributed by atoms with Gasteiger partial charge in [-0.25, -0.2) is 0 Å². The molecule has 1 heterocycles. The maximum absolute atomic E-state index is 13.3. The second-order valence-electron chi connectivity index (χ2n) is 21.2. The molecule has 6 N–H and O–H groups in total. The lowest BCUT2D eigenvalue weighted by Crippen LogP contribution is -2.61. The lowest BCUT2D eigenvalue weighted by atomic mass is 9.99. The Labute approximate surface area is 458 Å². The van der Waals surface area contributed by atoms with Crippen molar-refractivity contribution in [1.29, 1.82) is 0 Å². The molecule has 8 atom stereocenters. The Morgan fingerprint density at radius 2 is 0.960 bits per heavy atom. The van der Waals surface area contributed by atoms with Crippen molar-refractivity contribution in [3.05, 3.63) is 72.9 Å². The van der Waals surface area contributed by atoms with E-state index in [9.17, 15) is 35.1 Å². The molecule has 0 spiro atoms. The molecule has 1 aliphatic heterocycles. The van der Waals surface area contributed by atoms with Crippen molar-refractivity contribution in [3.8, 4) is 0 Å². The van der Waals surface area contributed by atoms with Gasteiger partial charge in [-0.2, -0.15) is 0 Å². The average molecular weight is 1060 g/mol. The maximum Gasteiger partial charge on any atom is 0.306 e. The third-order valence-corrected chi connectivity index (χ3v) is 14.3. The van der Waals surface area contributed by atoms with Crippen molar-refractivity contribution in [2.75, 3.05) is 13.2 Å². The quantitative estimate of drug-likeness (QED) is 0.0149. The smallest absolute Gasteiger partial charge is 0.306 e. The van der Waals surface area contributed by atoms with Crippen LogP contribution in [0, 0.1) is 0 Å². The van der Waals surface area contributed by atoms with Gasteiger partial charge in [-0.1, -0.05) is 286 Å². The first kappa shape index (κ1) is 70.1. The highest BCUT2D eigenvalue weighted by atomic mass is 16.7. The Hall–Kier alpha value is -2.90. The van der Waals surface area contributed by atoms with Crippen molar-refractivity contribution >= 4 is 11.9 Å². The van der Waals surface area contributed by atoms with Crippen LogP contribution in [0.5, 0.6) is 0 Å². The van der Waals surface area contributed by atoms with Gasteiger partial charge in [-0.3, -0.25) is 9.59 Å². The van der Waals surface area contributed by atoms with E-state index in [1.54, 1.807) is 6.08 Å². The molecule has 0 aromatic rings. The molecule has 1 aliphatic rings. The number of rotatable bonds is 51. The molecule has 0 radical (unpaired) electrons. The Bertz CT molecular complexity index is 1490. The van der Waals surface area contributed by atoms with Gasteiger partial charge >= 0.3 is 5.97 Å². The van der Waals surface area contributed by atoms with Crippen molar-refractivity contribution in [3.63, 3.8) is 0 Å². The van der Waals surface area contributed by atoms with E-state index >= 15 is 0 Å². The van der Waals surface area contributed by atoms with E-state index in [2.05, 4.69) is 32.2 Å². The normalized spacial score (nSPS) is 19.7. The molecule has 75 heavy (non-hydrogen) atoms. The molecule has 434 valence electrons. The molecule has 11 heteroatoms. The van der Waals surface area contributed by atoms with Crippen LogP contribution in [0.4, 0.5) is 0 Å². The van der Waals surface area contributed by atoms with Crippen LogP contribution >= 0.6 is 0 Å². The topological polar surface area (TPSA) is 175 Å². The first-order valence-electron chi connectivity index (χ1n) is 30.8. The van der Waals surface area contributed by atoms with Gasteiger partial charge < -0.3 is 45.1 Å². The second-order valence-corrected chi connectivity index (χ2v) is 21.2. The zero-order valence-electron chi connectivity index (χ0n) is 47.9. The molecule has 1 fully saturated rings. The summed E-state index contributed by atoms with van der Waals surface area (Å²) in [6.07, 6.45) is 55.5. The molecule has 0 aliphatic carbocycles. The van der Waals surface area contributed by atoms with Gasteiger partial charge in [-0.15, -0.1) is 0 Å². The number of hydrogen-bond acceptors (Lipinski definition) is 10. The van der Waals surface area contributed by atoms with Crippen LogP contribution < -0.4 is 5.32 Å². The zero-order chi connectivity index (χ0) is 54.7. The number of carbonyl (C=O) groups excluding carboxylic acids is 2. The predicted octanol–water partition coefficient (Wildman–Crippen LogP) is 14.4. The number of unbranched alkanes of at least 4 members (excludes halogenated alkanes) is 31. The van der Waals surface area contributed by atoms with E-state index in [0.717, 1.165) is 51.4 Å². The molecule has 0 aromatic carbocycles. The number of nitrogens with one attached hydrogen (secondary N) is 1. The van der Waals surface area contributed by atoms with Crippen LogP contribution in [0.2, 0.25) is 0 Å². The third kappa shape index (κ3) is 40.0. The predicted molar refractivity (Wildman–Crippen MR) is 310 cm³/mol. The number of hydrogen-bond donors (Lipinski definition) is 6. The van der Waals surface area contributed by atoms with Crippen molar-refractivity contribution in [1.82, 2.24) is 5.32 Å². The highest BCUT2D eigenvalue weighted by Crippen LogP contribution is 2.26. The van der Waals surface area contributed by atoms with Crippen molar-refractivity contribution in [2.45, 2.75) is 307 Å². The first-order valence-corrected chi connectivity index (χ1v) is 30.8. The molecule has 0 saturated carbocycles. The lowest BCUT2D eigenvalue weighted by Gasteiger charge is -2.41. The van der Waals surface area contributed by atoms with Gasteiger partial charge in [-0.05, 0) is 38.5 Å². The van der Waals surface area contributed by atoms with Crippen molar-refractivity contribution in [2.24, 2.45) is 0 Å². The summed E-state index contributed by atoms with van der Waals surface area (Å²) in [5.41, 5.74) is 0. The van der Waals surface area contributed by atoms with Crippen LogP contribution in [0.25, 0.3) is 0 Å². The fraction of sp³-hybridized carbons (Fsp3) is 0.781. The molecule has 1 amide bonds. The first-order chi connectivity index (χ1) is 36.7. The number of amides is 1. The van der Waals surface area contributed by atoms with Crippen LogP contribution in [0.3, 0.4) is 0 Å². The van der Waals surface area contributed by atoms with Crippen LogP contribution in [0.1, 0.15) is 258 Å². The summed E-state index contributed by atoms with van der Waals surface area (Å²) in [7, 11) is 0. The largest absolute Gasteiger partial charge is 0.454 e. The third-order valence-electron chi connectivity index (χ3n) is 14.3. The summed E-state index contributed by atoms with van der Waals surface area (Å²) < 4.78 is 17.6. The van der Waals surface area contributed by atoms with Gasteiger partial charge in [0.2, 0.25) is 5.91 Å². The van der Waals surface area contributed by atoms with Gasteiger partial charge in [0.05, 0.1) is 25.4 Å². The lowest BCUT2D eigenvalue weighted by molar-refractivity contribution is -0.305. The number of aliphatic hydroxyl groups is 5. The molecular formula is C64H113NO10. The average Bonchev–Trinajstić information content (AvgIpc) is 3.41. The minimum absolute atomic E-state index is 0.116. The summed E-state index contributed by atoms with van der Waals surface area (Å²) in [5, 5.41) is 56.7. The summed E-state index contributed by atoms with van der Waals surface area (Å²) in [5.74, 6) is -1.27.